The van der Waals surface area contributed by atoms with Crippen molar-refractivity contribution in [3.63, 3.8) is 0 Å². The van der Waals surface area contributed by atoms with Crippen LogP contribution in [0.4, 0.5) is 10.5 Å². The molecule has 2 amide bonds. The number of carbonyl (C=O) groups is 3. The van der Waals surface area contributed by atoms with Gasteiger partial charge in [0.15, 0.2) is 0 Å². The van der Waals surface area contributed by atoms with E-state index in [1.807, 2.05) is 74.5 Å². The number of ether oxygens (including phenoxy) is 2. The molecule has 206 valence electrons. The van der Waals surface area contributed by atoms with Gasteiger partial charge in [0.1, 0.15) is 25.0 Å². The van der Waals surface area contributed by atoms with E-state index in [9.17, 15) is 19.5 Å². The van der Waals surface area contributed by atoms with E-state index in [1.54, 1.807) is 18.2 Å². The van der Waals surface area contributed by atoms with Crippen LogP contribution in [0.25, 0.3) is 0 Å². The minimum atomic E-state index is -0.732. The van der Waals surface area contributed by atoms with Gasteiger partial charge in [-0.1, -0.05) is 86.6 Å². The Morgan fingerprint density at radius 2 is 1.44 bits per heavy atom. The van der Waals surface area contributed by atoms with E-state index in [2.05, 4.69) is 10.6 Å². The molecule has 3 aromatic carbocycles. The Hall–Kier alpha value is -4.33. The van der Waals surface area contributed by atoms with Crippen LogP contribution in [-0.4, -0.2) is 29.1 Å². The number of amides is 2. The molecule has 0 aliphatic rings. The molecule has 0 bridgehead atoms. The molecule has 0 aromatic heterocycles. The van der Waals surface area contributed by atoms with E-state index in [0.29, 0.717) is 24.8 Å². The fourth-order valence-corrected chi connectivity index (χ4v) is 3.98. The number of nitrogens with one attached hydrogen (secondary N) is 2. The predicted octanol–water partition coefficient (Wildman–Crippen LogP) is 5.74. The van der Waals surface area contributed by atoms with Crippen LogP contribution in [0.1, 0.15) is 49.8 Å². The van der Waals surface area contributed by atoms with Crippen molar-refractivity contribution in [2.75, 3.05) is 5.32 Å². The van der Waals surface area contributed by atoms with E-state index in [1.165, 1.54) is 0 Å². The number of carbonyl (C=O) groups excluding carboxylic acids is 3. The quantitative estimate of drug-likeness (QED) is 0.191. The standard InChI is InChI=1S/C31H36N2O6/c1-22(2)19-27(30(36)38-20-23-11-5-3-6-12-23)32-28(34)18-10-16-25-15-9-17-26(29(25)35)33-31(37)39-21-24-13-7-4-8-14-24/h3-9,11-15,17,22,27,35H,10,16,18-21H2,1-2H3,(H,32,34)(H,33,37)/t27-/m0/s1. The number of para-hydroxylation sites is 1. The zero-order chi connectivity index (χ0) is 28.0. The summed E-state index contributed by atoms with van der Waals surface area (Å²) in [4.78, 5) is 37.5. The van der Waals surface area contributed by atoms with Gasteiger partial charge in [-0.3, -0.25) is 10.1 Å². The van der Waals surface area contributed by atoms with Gasteiger partial charge in [-0.15, -0.1) is 0 Å². The molecule has 3 aromatic rings. The highest BCUT2D eigenvalue weighted by Crippen LogP contribution is 2.29. The van der Waals surface area contributed by atoms with Crippen LogP contribution >= 0.6 is 0 Å². The summed E-state index contributed by atoms with van der Waals surface area (Å²) in [6, 6.07) is 22.9. The second-order valence-corrected chi connectivity index (χ2v) is 9.70. The Balaban J connectivity index is 1.47. The fourth-order valence-electron chi connectivity index (χ4n) is 3.98. The molecule has 8 heteroatoms. The zero-order valence-corrected chi connectivity index (χ0v) is 22.4. The number of rotatable bonds is 13. The molecule has 39 heavy (non-hydrogen) atoms. The summed E-state index contributed by atoms with van der Waals surface area (Å²) in [5.41, 5.74) is 2.54. The molecule has 0 unspecified atom stereocenters. The molecule has 0 radical (unpaired) electrons. The maximum atomic E-state index is 12.7. The van der Waals surface area contributed by atoms with Crippen LogP contribution < -0.4 is 10.6 Å². The third kappa shape index (κ3) is 10.2. The monoisotopic (exact) mass is 532 g/mol. The topological polar surface area (TPSA) is 114 Å². The molecule has 0 spiro atoms. The zero-order valence-electron chi connectivity index (χ0n) is 22.4. The third-order valence-corrected chi connectivity index (χ3v) is 5.97. The van der Waals surface area contributed by atoms with Crippen molar-refractivity contribution in [2.24, 2.45) is 5.92 Å². The van der Waals surface area contributed by atoms with E-state index in [-0.39, 0.29) is 42.9 Å². The number of esters is 1. The maximum Gasteiger partial charge on any atom is 0.412 e. The Morgan fingerprint density at radius 1 is 0.821 bits per heavy atom. The first kappa shape index (κ1) is 29.2. The van der Waals surface area contributed by atoms with Gasteiger partial charge in [0.05, 0.1) is 5.69 Å². The number of benzene rings is 3. The van der Waals surface area contributed by atoms with Gasteiger partial charge in [-0.05, 0) is 47.9 Å². The van der Waals surface area contributed by atoms with Gasteiger partial charge < -0.3 is 19.9 Å². The van der Waals surface area contributed by atoms with Crippen molar-refractivity contribution in [1.29, 1.82) is 0 Å². The van der Waals surface area contributed by atoms with Crippen LogP contribution in [0.2, 0.25) is 0 Å². The highest BCUT2D eigenvalue weighted by Gasteiger charge is 2.23. The summed E-state index contributed by atoms with van der Waals surface area (Å²) in [5.74, 6) is -0.616. The SMILES string of the molecule is CC(C)C[C@H](NC(=O)CCCc1cccc(NC(=O)OCc2ccccc2)c1O)C(=O)OCc1ccccc1. The Morgan fingerprint density at radius 3 is 2.05 bits per heavy atom. The first-order valence-corrected chi connectivity index (χ1v) is 13.1. The van der Waals surface area contributed by atoms with Gasteiger partial charge in [0.25, 0.3) is 0 Å². The third-order valence-electron chi connectivity index (χ3n) is 5.97. The van der Waals surface area contributed by atoms with Gasteiger partial charge in [-0.2, -0.15) is 0 Å². The lowest BCUT2D eigenvalue weighted by Gasteiger charge is -2.19. The highest BCUT2D eigenvalue weighted by atomic mass is 16.5. The average molecular weight is 533 g/mol. The van der Waals surface area contributed by atoms with E-state index < -0.39 is 18.1 Å². The highest BCUT2D eigenvalue weighted by molar-refractivity contribution is 5.87. The van der Waals surface area contributed by atoms with Crippen LogP contribution in [-0.2, 0) is 38.7 Å². The minimum absolute atomic E-state index is 0.0725. The van der Waals surface area contributed by atoms with Crippen LogP contribution in [0.15, 0.2) is 78.9 Å². The van der Waals surface area contributed by atoms with Gasteiger partial charge >= 0.3 is 12.1 Å². The van der Waals surface area contributed by atoms with Crippen LogP contribution in [0.3, 0.4) is 0 Å². The number of aryl methyl sites for hydroxylation is 1. The lowest BCUT2D eigenvalue weighted by molar-refractivity contribution is -0.149. The smallest absolute Gasteiger partial charge is 0.412 e. The summed E-state index contributed by atoms with van der Waals surface area (Å²) in [7, 11) is 0. The molecule has 0 saturated heterocycles. The molecule has 3 N–H and O–H groups in total. The Kier molecular flexibility index (Phi) is 11.4. The summed E-state index contributed by atoms with van der Waals surface area (Å²) >= 11 is 0. The van der Waals surface area contributed by atoms with Crippen molar-refractivity contribution in [2.45, 2.75) is 58.8 Å². The maximum absolute atomic E-state index is 12.7. The summed E-state index contributed by atoms with van der Waals surface area (Å²) in [5, 5.41) is 16.0. The molecular weight excluding hydrogens is 496 g/mol. The van der Waals surface area contributed by atoms with Crippen LogP contribution in [0.5, 0.6) is 5.75 Å². The number of anilines is 1. The number of hydrogen-bond donors (Lipinski definition) is 3. The Bertz CT molecular complexity index is 1210. The van der Waals surface area contributed by atoms with Crippen molar-refractivity contribution in [3.8, 4) is 5.75 Å². The molecular formula is C31H36N2O6. The summed E-state index contributed by atoms with van der Waals surface area (Å²) < 4.78 is 10.7. The average Bonchev–Trinajstić information content (AvgIpc) is 2.93. The lowest BCUT2D eigenvalue weighted by atomic mass is 10.0. The van der Waals surface area contributed by atoms with Crippen molar-refractivity contribution < 1.29 is 29.0 Å². The molecule has 0 aliphatic carbocycles. The minimum Gasteiger partial charge on any atom is -0.505 e. The van der Waals surface area contributed by atoms with Gasteiger partial charge in [0.2, 0.25) is 5.91 Å². The molecule has 3 rings (SSSR count). The van der Waals surface area contributed by atoms with Gasteiger partial charge in [-0.25, -0.2) is 9.59 Å². The van der Waals surface area contributed by atoms with Crippen molar-refractivity contribution in [3.05, 3.63) is 95.6 Å². The summed E-state index contributed by atoms with van der Waals surface area (Å²) in [6.07, 6.45) is 0.794. The number of phenolic OH excluding ortho intramolecular Hbond substituents is 1. The first-order valence-electron chi connectivity index (χ1n) is 13.1. The first-order chi connectivity index (χ1) is 18.8. The second kappa shape index (κ2) is 15.2. The molecule has 0 aliphatic heterocycles. The normalized spacial score (nSPS) is 11.5. The molecule has 0 fully saturated rings. The number of hydrogen-bond acceptors (Lipinski definition) is 6. The Labute approximate surface area is 229 Å². The van der Waals surface area contributed by atoms with E-state index >= 15 is 0 Å². The molecule has 1 atom stereocenters. The number of phenols is 1. The van der Waals surface area contributed by atoms with E-state index in [4.69, 9.17) is 9.47 Å². The fraction of sp³-hybridized carbons (Fsp3) is 0.323. The largest absolute Gasteiger partial charge is 0.505 e. The van der Waals surface area contributed by atoms with Crippen molar-refractivity contribution >= 4 is 23.7 Å². The molecule has 8 nitrogen and oxygen atoms in total. The second-order valence-electron chi connectivity index (χ2n) is 9.70. The van der Waals surface area contributed by atoms with E-state index in [0.717, 1.165) is 11.1 Å². The molecule has 0 heterocycles. The predicted molar refractivity (Wildman–Crippen MR) is 149 cm³/mol. The number of aromatic hydroxyl groups is 1. The van der Waals surface area contributed by atoms with Crippen molar-refractivity contribution in [1.82, 2.24) is 5.32 Å². The van der Waals surface area contributed by atoms with Crippen LogP contribution in [0, 0.1) is 5.92 Å². The van der Waals surface area contributed by atoms with Gasteiger partial charge in [0, 0.05) is 6.42 Å². The summed E-state index contributed by atoms with van der Waals surface area (Å²) in [6.45, 7) is 4.21. The molecule has 0 saturated carbocycles. The lowest BCUT2D eigenvalue weighted by Crippen LogP contribution is -2.42.